The average Bonchev–Trinajstić information content (AvgIpc) is 3.31. The molecule has 4 nitrogen and oxygen atoms in total. The lowest BCUT2D eigenvalue weighted by Crippen LogP contribution is -2.44. The monoisotopic (exact) mass is 289 g/mol. The van der Waals surface area contributed by atoms with E-state index in [0.29, 0.717) is 0 Å². The van der Waals surface area contributed by atoms with Crippen molar-refractivity contribution >= 4 is 5.69 Å². The molecule has 1 aromatic carbocycles. The van der Waals surface area contributed by atoms with Crippen LogP contribution in [0.4, 0.5) is 5.69 Å². The molecule has 0 radical (unpaired) electrons. The van der Waals surface area contributed by atoms with Gasteiger partial charge in [-0.2, -0.15) is 0 Å². The molecule has 1 saturated heterocycles. The van der Waals surface area contributed by atoms with Crippen LogP contribution in [0, 0.1) is 0 Å². The number of anilines is 1. The van der Waals surface area contributed by atoms with Gasteiger partial charge in [0, 0.05) is 38.8 Å². The fourth-order valence-electron chi connectivity index (χ4n) is 2.80. The molecule has 1 saturated carbocycles. The van der Waals surface area contributed by atoms with Gasteiger partial charge in [0.1, 0.15) is 5.75 Å². The first-order valence-corrected chi connectivity index (χ1v) is 8.19. The third-order valence-electron chi connectivity index (χ3n) is 4.34. The number of benzene rings is 1. The van der Waals surface area contributed by atoms with E-state index in [9.17, 15) is 0 Å². The van der Waals surface area contributed by atoms with Gasteiger partial charge in [-0.3, -0.25) is 0 Å². The van der Waals surface area contributed by atoms with Gasteiger partial charge < -0.3 is 19.9 Å². The summed E-state index contributed by atoms with van der Waals surface area (Å²) in [4.78, 5) is 4.83. The number of nitrogens with one attached hydrogen (secondary N) is 1. The van der Waals surface area contributed by atoms with Gasteiger partial charge in [0.15, 0.2) is 0 Å². The van der Waals surface area contributed by atoms with Crippen molar-refractivity contribution in [2.45, 2.75) is 32.4 Å². The summed E-state index contributed by atoms with van der Waals surface area (Å²) in [5.41, 5.74) is 2.57. The summed E-state index contributed by atoms with van der Waals surface area (Å²) in [6, 6.07) is 7.44. The summed E-state index contributed by atoms with van der Waals surface area (Å²) in [6.07, 6.45) is 2.66. The van der Waals surface area contributed by atoms with E-state index in [1.165, 1.54) is 24.1 Å². The lowest BCUT2D eigenvalue weighted by molar-refractivity contribution is 0.307. The Morgan fingerprint density at radius 1 is 1.19 bits per heavy atom. The Bertz CT molecular complexity index is 465. The Hall–Kier alpha value is -1.26. The molecule has 0 bridgehead atoms. The molecule has 1 aliphatic heterocycles. The lowest BCUT2D eigenvalue weighted by atomic mass is 10.1. The third-order valence-corrected chi connectivity index (χ3v) is 4.34. The second-order valence-corrected chi connectivity index (χ2v) is 6.18. The van der Waals surface area contributed by atoms with Crippen LogP contribution in [-0.4, -0.2) is 50.8 Å². The van der Waals surface area contributed by atoms with Crippen LogP contribution in [0.3, 0.4) is 0 Å². The minimum Gasteiger partial charge on any atom is -0.492 e. The highest BCUT2D eigenvalue weighted by atomic mass is 16.5. The molecular formula is C17H27N3O. The first kappa shape index (κ1) is 14.7. The van der Waals surface area contributed by atoms with Gasteiger partial charge in [-0.1, -0.05) is 6.07 Å². The van der Waals surface area contributed by atoms with Crippen LogP contribution < -0.4 is 15.0 Å². The molecule has 1 aromatic rings. The Morgan fingerprint density at radius 3 is 2.62 bits per heavy atom. The van der Waals surface area contributed by atoms with Crippen molar-refractivity contribution in [3.63, 3.8) is 0 Å². The summed E-state index contributed by atoms with van der Waals surface area (Å²) < 4.78 is 5.90. The maximum Gasteiger partial charge on any atom is 0.142 e. The quantitative estimate of drug-likeness (QED) is 0.868. The second kappa shape index (κ2) is 6.67. The van der Waals surface area contributed by atoms with E-state index in [-0.39, 0.29) is 0 Å². The van der Waals surface area contributed by atoms with Gasteiger partial charge >= 0.3 is 0 Å². The first-order valence-electron chi connectivity index (χ1n) is 8.19. The molecule has 0 spiro atoms. The number of hydrogen-bond acceptors (Lipinski definition) is 4. The predicted molar refractivity (Wildman–Crippen MR) is 87.2 cm³/mol. The van der Waals surface area contributed by atoms with Crippen molar-refractivity contribution in [2.75, 3.05) is 44.7 Å². The number of rotatable bonds is 6. The van der Waals surface area contributed by atoms with E-state index >= 15 is 0 Å². The highest BCUT2D eigenvalue weighted by molar-refractivity contribution is 5.60. The molecule has 21 heavy (non-hydrogen) atoms. The number of likely N-dealkylation sites (N-methyl/N-ethyl adjacent to an activating group) is 1. The maximum atomic E-state index is 5.90. The van der Waals surface area contributed by atoms with Crippen molar-refractivity contribution in [1.29, 1.82) is 0 Å². The molecule has 0 atom stereocenters. The summed E-state index contributed by atoms with van der Waals surface area (Å²) in [5, 5.41) is 3.57. The van der Waals surface area contributed by atoms with Gasteiger partial charge in [0.05, 0.1) is 12.3 Å². The first-order chi connectivity index (χ1) is 10.3. The molecular weight excluding hydrogens is 262 g/mol. The minimum atomic E-state index is 0.722. The Kier molecular flexibility index (Phi) is 4.66. The summed E-state index contributed by atoms with van der Waals surface area (Å²) >= 11 is 0. The summed E-state index contributed by atoms with van der Waals surface area (Å²) in [6.45, 7) is 8.14. The van der Waals surface area contributed by atoms with Crippen LogP contribution in [0.2, 0.25) is 0 Å². The van der Waals surface area contributed by atoms with E-state index in [4.69, 9.17) is 4.74 Å². The van der Waals surface area contributed by atoms with Gasteiger partial charge in [-0.05, 0) is 44.5 Å². The molecule has 2 fully saturated rings. The lowest BCUT2D eigenvalue weighted by Gasteiger charge is -2.35. The Labute approximate surface area is 128 Å². The van der Waals surface area contributed by atoms with Crippen LogP contribution >= 0.6 is 0 Å². The average molecular weight is 289 g/mol. The van der Waals surface area contributed by atoms with Crippen molar-refractivity contribution < 1.29 is 4.74 Å². The molecule has 1 heterocycles. The molecule has 0 aromatic heterocycles. The number of ether oxygens (including phenoxy) is 1. The number of nitrogens with zero attached hydrogens (tertiary/aromatic N) is 2. The zero-order valence-corrected chi connectivity index (χ0v) is 13.3. The molecule has 0 unspecified atom stereocenters. The minimum absolute atomic E-state index is 0.722. The molecule has 4 heteroatoms. The van der Waals surface area contributed by atoms with Gasteiger partial charge in [-0.25, -0.2) is 0 Å². The van der Waals surface area contributed by atoms with Crippen LogP contribution in [-0.2, 0) is 6.54 Å². The molecule has 1 aliphatic carbocycles. The van der Waals surface area contributed by atoms with Crippen LogP contribution in [0.5, 0.6) is 5.75 Å². The Balaban J connectivity index is 1.71. The van der Waals surface area contributed by atoms with Crippen LogP contribution in [0.25, 0.3) is 0 Å². The van der Waals surface area contributed by atoms with Gasteiger partial charge in [0.25, 0.3) is 0 Å². The van der Waals surface area contributed by atoms with Crippen molar-refractivity contribution in [3.05, 3.63) is 23.8 Å². The highest BCUT2D eigenvalue weighted by Crippen LogP contribution is 2.31. The number of hydrogen-bond donors (Lipinski definition) is 1. The van der Waals surface area contributed by atoms with Crippen molar-refractivity contribution in [2.24, 2.45) is 0 Å². The SMILES string of the molecule is CCOc1cc(CNC2CC2)ccc1N1CCN(C)CC1. The highest BCUT2D eigenvalue weighted by Gasteiger charge is 2.21. The maximum absolute atomic E-state index is 5.90. The third kappa shape index (κ3) is 3.89. The topological polar surface area (TPSA) is 27.7 Å². The van der Waals surface area contributed by atoms with E-state index in [2.05, 4.69) is 47.3 Å². The van der Waals surface area contributed by atoms with E-state index in [0.717, 1.165) is 51.1 Å². The van der Waals surface area contributed by atoms with E-state index in [1.54, 1.807) is 0 Å². The molecule has 2 aliphatic rings. The van der Waals surface area contributed by atoms with E-state index < -0.39 is 0 Å². The van der Waals surface area contributed by atoms with Crippen LogP contribution in [0.15, 0.2) is 18.2 Å². The van der Waals surface area contributed by atoms with Gasteiger partial charge in [0.2, 0.25) is 0 Å². The molecule has 3 rings (SSSR count). The number of piperazine rings is 1. The zero-order valence-electron chi connectivity index (χ0n) is 13.3. The smallest absolute Gasteiger partial charge is 0.142 e. The fraction of sp³-hybridized carbons (Fsp3) is 0.647. The summed E-state index contributed by atoms with van der Waals surface area (Å²) in [5.74, 6) is 1.04. The van der Waals surface area contributed by atoms with Crippen molar-refractivity contribution in [3.8, 4) is 5.75 Å². The predicted octanol–water partition coefficient (Wildman–Crippen LogP) is 2.09. The molecule has 0 amide bonds. The molecule has 1 N–H and O–H groups in total. The summed E-state index contributed by atoms with van der Waals surface area (Å²) in [7, 11) is 2.19. The fourth-order valence-corrected chi connectivity index (χ4v) is 2.80. The van der Waals surface area contributed by atoms with Gasteiger partial charge in [-0.15, -0.1) is 0 Å². The normalized spacial score (nSPS) is 19.8. The van der Waals surface area contributed by atoms with E-state index in [1.807, 2.05) is 0 Å². The second-order valence-electron chi connectivity index (χ2n) is 6.18. The molecule has 116 valence electrons. The van der Waals surface area contributed by atoms with Crippen molar-refractivity contribution in [1.82, 2.24) is 10.2 Å². The standard InChI is InChI=1S/C17H27N3O/c1-3-21-17-12-14(13-18-15-5-6-15)4-7-16(17)20-10-8-19(2)9-11-20/h4,7,12,15,18H,3,5-6,8-11,13H2,1-2H3. The van der Waals surface area contributed by atoms with Crippen LogP contribution in [0.1, 0.15) is 25.3 Å². The zero-order chi connectivity index (χ0) is 14.7. The Morgan fingerprint density at radius 2 is 1.95 bits per heavy atom. The largest absolute Gasteiger partial charge is 0.492 e.